The molecule has 0 aliphatic carbocycles. The second-order valence-corrected chi connectivity index (χ2v) is 3.97. The highest BCUT2D eigenvalue weighted by Crippen LogP contribution is 2.29. The summed E-state index contributed by atoms with van der Waals surface area (Å²) >= 11 is 0. The molecule has 0 radical (unpaired) electrons. The quantitative estimate of drug-likeness (QED) is 0.619. The lowest BCUT2D eigenvalue weighted by molar-refractivity contribution is -0.384. The fourth-order valence-corrected chi connectivity index (χ4v) is 2.10. The molecule has 1 fully saturated rings. The number of hydrogen-bond acceptors (Lipinski definition) is 4. The predicted molar refractivity (Wildman–Crippen MR) is 62.8 cm³/mol. The summed E-state index contributed by atoms with van der Waals surface area (Å²) in [7, 11) is 1.92. The second kappa shape index (κ2) is 4.49. The average Bonchev–Trinajstić information content (AvgIpc) is 2.77. The summed E-state index contributed by atoms with van der Waals surface area (Å²) in [5.41, 5.74) is 0.921. The summed E-state index contributed by atoms with van der Waals surface area (Å²) in [5.74, 6) is 0. The molecule has 5 heteroatoms. The molecule has 0 amide bonds. The zero-order chi connectivity index (χ0) is 11.5. The van der Waals surface area contributed by atoms with Crippen molar-refractivity contribution in [2.75, 3.05) is 25.0 Å². The normalized spacial score (nSPS) is 20.1. The third-order valence-corrected chi connectivity index (χ3v) is 3.02. The summed E-state index contributed by atoms with van der Waals surface area (Å²) < 4.78 is 0. The average molecular weight is 221 g/mol. The zero-order valence-electron chi connectivity index (χ0n) is 9.22. The molecule has 5 nitrogen and oxygen atoms in total. The summed E-state index contributed by atoms with van der Waals surface area (Å²) in [6.07, 6.45) is 1.03. The Labute approximate surface area is 94.2 Å². The number of benzene rings is 1. The van der Waals surface area contributed by atoms with Gasteiger partial charge in [0.25, 0.3) is 5.69 Å². The molecule has 16 heavy (non-hydrogen) atoms. The molecule has 1 saturated heterocycles. The molecule has 86 valence electrons. The maximum atomic E-state index is 10.9. The van der Waals surface area contributed by atoms with Crippen LogP contribution in [0.5, 0.6) is 0 Å². The van der Waals surface area contributed by atoms with E-state index in [0.29, 0.717) is 6.04 Å². The van der Waals surface area contributed by atoms with Crippen LogP contribution < -0.4 is 10.2 Å². The Morgan fingerprint density at radius 1 is 1.50 bits per heavy atom. The maximum Gasteiger partial charge on any atom is 0.292 e. The van der Waals surface area contributed by atoms with Crippen molar-refractivity contribution in [3.05, 3.63) is 34.4 Å². The van der Waals surface area contributed by atoms with Gasteiger partial charge in [0.05, 0.1) is 4.92 Å². The van der Waals surface area contributed by atoms with Crippen molar-refractivity contribution >= 4 is 11.4 Å². The van der Waals surface area contributed by atoms with Gasteiger partial charge in [0.1, 0.15) is 5.69 Å². The number of likely N-dealkylation sites (N-methyl/N-ethyl adjacent to an activating group) is 1. The van der Waals surface area contributed by atoms with E-state index >= 15 is 0 Å². The molecule has 1 aliphatic rings. The Kier molecular flexibility index (Phi) is 3.05. The minimum absolute atomic E-state index is 0.194. The molecule has 0 saturated carbocycles. The van der Waals surface area contributed by atoms with E-state index in [-0.39, 0.29) is 10.6 Å². The molecule has 1 atom stereocenters. The van der Waals surface area contributed by atoms with Gasteiger partial charge in [-0.25, -0.2) is 0 Å². The van der Waals surface area contributed by atoms with Crippen molar-refractivity contribution in [1.82, 2.24) is 5.32 Å². The first-order valence-electron chi connectivity index (χ1n) is 5.38. The molecule has 1 N–H and O–H groups in total. The van der Waals surface area contributed by atoms with Crippen LogP contribution in [-0.2, 0) is 0 Å². The van der Waals surface area contributed by atoms with Gasteiger partial charge in [0, 0.05) is 25.2 Å². The zero-order valence-corrected chi connectivity index (χ0v) is 9.22. The molecule has 0 spiro atoms. The van der Waals surface area contributed by atoms with E-state index in [1.165, 1.54) is 0 Å². The highest BCUT2D eigenvalue weighted by molar-refractivity contribution is 5.63. The molecule has 1 aromatic rings. The third kappa shape index (κ3) is 1.99. The summed E-state index contributed by atoms with van der Waals surface area (Å²) in [5, 5.41) is 14.1. The summed E-state index contributed by atoms with van der Waals surface area (Å²) in [6, 6.07) is 7.35. The summed E-state index contributed by atoms with van der Waals surface area (Å²) in [6.45, 7) is 1.71. The molecule has 1 aromatic carbocycles. The van der Waals surface area contributed by atoms with Crippen molar-refractivity contribution in [3.63, 3.8) is 0 Å². The van der Waals surface area contributed by atoms with E-state index in [1.54, 1.807) is 12.1 Å². The molecule has 1 unspecified atom stereocenters. The first-order chi connectivity index (χ1) is 7.72. The van der Waals surface area contributed by atoms with Gasteiger partial charge < -0.3 is 10.2 Å². The number of nitrogens with zero attached hydrogens (tertiary/aromatic N) is 2. The topological polar surface area (TPSA) is 58.4 Å². The molecule has 1 aliphatic heterocycles. The Bertz CT molecular complexity index is 395. The van der Waals surface area contributed by atoms with Crippen molar-refractivity contribution < 1.29 is 4.92 Å². The number of nitro groups is 1. The Morgan fingerprint density at radius 2 is 2.25 bits per heavy atom. The fraction of sp³-hybridized carbons (Fsp3) is 0.455. The van der Waals surface area contributed by atoms with E-state index in [1.807, 2.05) is 19.2 Å². The van der Waals surface area contributed by atoms with Gasteiger partial charge in [-0.1, -0.05) is 12.1 Å². The third-order valence-electron chi connectivity index (χ3n) is 3.02. The lowest BCUT2D eigenvalue weighted by Gasteiger charge is -2.18. The molecular weight excluding hydrogens is 206 g/mol. The molecular formula is C11H15N3O2. The fourth-order valence-electron chi connectivity index (χ4n) is 2.10. The molecule has 2 rings (SSSR count). The van der Waals surface area contributed by atoms with Crippen LogP contribution in [0.4, 0.5) is 11.4 Å². The van der Waals surface area contributed by atoms with Crippen LogP contribution in [0.1, 0.15) is 6.42 Å². The first kappa shape index (κ1) is 10.9. The van der Waals surface area contributed by atoms with Crippen LogP contribution in [0, 0.1) is 10.1 Å². The predicted octanol–water partition coefficient (Wildman–Crippen LogP) is 1.39. The van der Waals surface area contributed by atoms with Crippen LogP contribution in [0.15, 0.2) is 24.3 Å². The van der Waals surface area contributed by atoms with Crippen LogP contribution >= 0.6 is 0 Å². The highest BCUT2D eigenvalue weighted by atomic mass is 16.6. The van der Waals surface area contributed by atoms with Crippen molar-refractivity contribution in [1.29, 1.82) is 0 Å². The summed E-state index contributed by atoms with van der Waals surface area (Å²) in [4.78, 5) is 12.6. The van der Waals surface area contributed by atoms with Gasteiger partial charge in [-0.15, -0.1) is 0 Å². The number of anilines is 1. The van der Waals surface area contributed by atoms with Crippen molar-refractivity contribution in [2.24, 2.45) is 0 Å². The number of hydrogen-bond donors (Lipinski definition) is 1. The maximum absolute atomic E-state index is 10.9. The Morgan fingerprint density at radius 3 is 2.88 bits per heavy atom. The van der Waals surface area contributed by atoms with E-state index < -0.39 is 0 Å². The van der Waals surface area contributed by atoms with Gasteiger partial charge in [-0.2, -0.15) is 0 Å². The van der Waals surface area contributed by atoms with E-state index in [4.69, 9.17) is 0 Å². The van der Waals surface area contributed by atoms with Crippen LogP contribution in [0.25, 0.3) is 0 Å². The van der Waals surface area contributed by atoms with E-state index in [0.717, 1.165) is 25.2 Å². The Balaban J connectivity index is 2.24. The van der Waals surface area contributed by atoms with Crippen LogP contribution in [0.3, 0.4) is 0 Å². The minimum atomic E-state index is -0.317. The monoisotopic (exact) mass is 221 g/mol. The lowest BCUT2D eigenvalue weighted by atomic mass is 10.2. The van der Waals surface area contributed by atoms with Crippen molar-refractivity contribution in [3.8, 4) is 0 Å². The first-order valence-corrected chi connectivity index (χ1v) is 5.38. The van der Waals surface area contributed by atoms with Crippen molar-refractivity contribution in [2.45, 2.75) is 12.5 Å². The van der Waals surface area contributed by atoms with Crippen LogP contribution in [0.2, 0.25) is 0 Å². The van der Waals surface area contributed by atoms with E-state index in [9.17, 15) is 10.1 Å². The smallest absolute Gasteiger partial charge is 0.292 e. The number of rotatable bonds is 3. The lowest BCUT2D eigenvalue weighted by Crippen LogP contribution is -2.29. The largest absolute Gasteiger partial charge is 0.364 e. The van der Waals surface area contributed by atoms with E-state index in [2.05, 4.69) is 10.2 Å². The Hall–Kier alpha value is -1.62. The van der Waals surface area contributed by atoms with Gasteiger partial charge >= 0.3 is 0 Å². The van der Waals surface area contributed by atoms with Crippen LogP contribution in [-0.4, -0.2) is 31.1 Å². The molecule has 1 heterocycles. The number of nitrogens with one attached hydrogen (secondary N) is 1. The standard InChI is InChI=1S/C11H15N3O2/c1-12-9-6-7-13(8-9)10-4-2-3-5-11(10)14(15)16/h2-5,9,12H,6-8H2,1H3. The van der Waals surface area contributed by atoms with Gasteiger partial charge in [0.2, 0.25) is 0 Å². The van der Waals surface area contributed by atoms with Gasteiger partial charge in [0.15, 0.2) is 0 Å². The van der Waals surface area contributed by atoms with Gasteiger partial charge in [-0.05, 0) is 19.5 Å². The number of nitro benzene ring substituents is 1. The highest BCUT2D eigenvalue weighted by Gasteiger charge is 2.25. The molecule has 0 bridgehead atoms. The molecule has 0 aromatic heterocycles. The SMILES string of the molecule is CNC1CCN(c2ccccc2[N+](=O)[O-])C1. The minimum Gasteiger partial charge on any atom is -0.364 e. The number of para-hydroxylation sites is 2. The van der Waals surface area contributed by atoms with Gasteiger partial charge in [-0.3, -0.25) is 10.1 Å². The second-order valence-electron chi connectivity index (χ2n) is 3.97.